The van der Waals surface area contributed by atoms with E-state index in [4.69, 9.17) is 0 Å². The SMILES string of the molecule is CCCNC(=O)C1CCC(=O)N1Cc1ccc(F)cc1. The Morgan fingerprint density at radius 3 is 2.75 bits per heavy atom. The van der Waals surface area contributed by atoms with Crippen molar-refractivity contribution in [2.45, 2.75) is 38.8 Å². The van der Waals surface area contributed by atoms with E-state index in [9.17, 15) is 14.0 Å². The van der Waals surface area contributed by atoms with Gasteiger partial charge in [0, 0.05) is 19.5 Å². The fourth-order valence-corrected chi connectivity index (χ4v) is 2.36. The van der Waals surface area contributed by atoms with Gasteiger partial charge in [0.1, 0.15) is 11.9 Å². The van der Waals surface area contributed by atoms with E-state index < -0.39 is 6.04 Å². The second kappa shape index (κ2) is 6.50. The minimum absolute atomic E-state index is 0.0222. The Hall–Kier alpha value is -1.91. The van der Waals surface area contributed by atoms with Gasteiger partial charge >= 0.3 is 0 Å². The highest BCUT2D eigenvalue weighted by Crippen LogP contribution is 2.21. The molecule has 1 atom stereocenters. The molecule has 5 heteroatoms. The number of likely N-dealkylation sites (tertiary alicyclic amines) is 1. The van der Waals surface area contributed by atoms with Crippen LogP contribution in [0.15, 0.2) is 24.3 Å². The summed E-state index contributed by atoms with van der Waals surface area (Å²) in [6.45, 7) is 2.95. The van der Waals surface area contributed by atoms with Gasteiger partial charge in [0.2, 0.25) is 11.8 Å². The Balaban J connectivity index is 2.04. The molecule has 2 amide bonds. The van der Waals surface area contributed by atoms with Crippen molar-refractivity contribution in [3.63, 3.8) is 0 Å². The first-order chi connectivity index (χ1) is 9.61. The summed E-state index contributed by atoms with van der Waals surface area (Å²) < 4.78 is 12.9. The molecule has 1 unspecified atom stereocenters. The van der Waals surface area contributed by atoms with Crippen molar-refractivity contribution in [3.8, 4) is 0 Å². The zero-order valence-corrected chi connectivity index (χ0v) is 11.6. The number of carbonyl (C=O) groups is 2. The number of hydrogen-bond acceptors (Lipinski definition) is 2. The standard InChI is InChI=1S/C15H19FN2O2/c1-2-9-17-15(20)13-7-8-14(19)18(13)10-11-3-5-12(16)6-4-11/h3-6,13H,2,7-10H2,1H3,(H,17,20). The quantitative estimate of drug-likeness (QED) is 0.893. The summed E-state index contributed by atoms with van der Waals surface area (Å²) in [6.07, 6.45) is 1.81. The van der Waals surface area contributed by atoms with Crippen LogP contribution in [-0.2, 0) is 16.1 Å². The van der Waals surface area contributed by atoms with Crippen molar-refractivity contribution in [2.24, 2.45) is 0 Å². The molecule has 1 fully saturated rings. The van der Waals surface area contributed by atoms with Crippen LogP contribution >= 0.6 is 0 Å². The molecule has 0 spiro atoms. The third-order valence-corrected chi connectivity index (χ3v) is 3.45. The summed E-state index contributed by atoms with van der Waals surface area (Å²) in [5, 5.41) is 2.83. The van der Waals surface area contributed by atoms with E-state index in [2.05, 4.69) is 5.32 Å². The first kappa shape index (κ1) is 14.5. The van der Waals surface area contributed by atoms with Crippen molar-refractivity contribution in [1.82, 2.24) is 10.2 Å². The van der Waals surface area contributed by atoms with E-state index in [-0.39, 0.29) is 17.6 Å². The maximum atomic E-state index is 12.9. The lowest BCUT2D eigenvalue weighted by atomic mass is 10.1. The number of amides is 2. The number of rotatable bonds is 5. The molecule has 4 nitrogen and oxygen atoms in total. The molecule has 20 heavy (non-hydrogen) atoms. The highest BCUT2D eigenvalue weighted by atomic mass is 19.1. The van der Waals surface area contributed by atoms with Gasteiger partial charge in [0.05, 0.1) is 0 Å². The first-order valence-corrected chi connectivity index (χ1v) is 6.93. The lowest BCUT2D eigenvalue weighted by Crippen LogP contribution is -2.44. The molecule has 0 aromatic heterocycles. The maximum Gasteiger partial charge on any atom is 0.242 e. The Kier molecular flexibility index (Phi) is 4.71. The van der Waals surface area contributed by atoms with Crippen LogP contribution in [-0.4, -0.2) is 29.3 Å². The molecule has 108 valence electrons. The average molecular weight is 278 g/mol. The van der Waals surface area contributed by atoms with Crippen LogP contribution in [0.3, 0.4) is 0 Å². The normalized spacial score (nSPS) is 18.4. The molecule has 1 N–H and O–H groups in total. The van der Waals surface area contributed by atoms with E-state index in [1.807, 2.05) is 6.92 Å². The molecule has 1 aromatic rings. The number of nitrogens with one attached hydrogen (secondary N) is 1. The lowest BCUT2D eigenvalue weighted by molar-refractivity contribution is -0.135. The van der Waals surface area contributed by atoms with Crippen LogP contribution in [0, 0.1) is 5.82 Å². The van der Waals surface area contributed by atoms with E-state index in [1.165, 1.54) is 12.1 Å². The van der Waals surface area contributed by atoms with Crippen LogP contribution in [0.5, 0.6) is 0 Å². The van der Waals surface area contributed by atoms with Crippen LogP contribution in [0.25, 0.3) is 0 Å². The zero-order chi connectivity index (χ0) is 14.5. The minimum Gasteiger partial charge on any atom is -0.354 e. The van der Waals surface area contributed by atoms with Gasteiger partial charge in [-0.05, 0) is 30.5 Å². The molecular weight excluding hydrogens is 259 g/mol. The molecule has 1 aliphatic heterocycles. The van der Waals surface area contributed by atoms with Gasteiger partial charge in [-0.25, -0.2) is 4.39 Å². The smallest absolute Gasteiger partial charge is 0.242 e. The Bertz CT molecular complexity index is 487. The van der Waals surface area contributed by atoms with Gasteiger partial charge in [-0.15, -0.1) is 0 Å². The van der Waals surface area contributed by atoms with E-state index in [0.29, 0.717) is 25.9 Å². The molecular formula is C15H19FN2O2. The summed E-state index contributed by atoms with van der Waals surface area (Å²) >= 11 is 0. The molecule has 0 saturated carbocycles. The van der Waals surface area contributed by atoms with Crippen LogP contribution in [0.2, 0.25) is 0 Å². The van der Waals surface area contributed by atoms with Crippen LogP contribution in [0.1, 0.15) is 31.7 Å². The topological polar surface area (TPSA) is 49.4 Å². The third-order valence-electron chi connectivity index (χ3n) is 3.45. The van der Waals surface area contributed by atoms with Gasteiger partial charge < -0.3 is 10.2 Å². The predicted molar refractivity (Wildman–Crippen MR) is 73.3 cm³/mol. The number of hydrogen-bond donors (Lipinski definition) is 1. The van der Waals surface area contributed by atoms with Crippen molar-refractivity contribution in [1.29, 1.82) is 0 Å². The molecule has 1 aromatic carbocycles. The Labute approximate surface area is 118 Å². The largest absolute Gasteiger partial charge is 0.354 e. The minimum atomic E-state index is -0.404. The van der Waals surface area contributed by atoms with E-state index >= 15 is 0 Å². The van der Waals surface area contributed by atoms with Gasteiger partial charge in [0.25, 0.3) is 0 Å². The summed E-state index contributed by atoms with van der Waals surface area (Å²) in [6, 6.07) is 5.60. The Morgan fingerprint density at radius 2 is 2.10 bits per heavy atom. The monoisotopic (exact) mass is 278 g/mol. The van der Waals surface area contributed by atoms with E-state index in [0.717, 1.165) is 12.0 Å². The third kappa shape index (κ3) is 3.35. The first-order valence-electron chi connectivity index (χ1n) is 6.93. The number of halogens is 1. The number of carbonyl (C=O) groups excluding carboxylic acids is 2. The highest BCUT2D eigenvalue weighted by molar-refractivity contribution is 5.90. The predicted octanol–water partition coefficient (Wildman–Crippen LogP) is 1.84. The summed E-state index contributed by atoms with van der Waals surface area (Å²) in [4.78, 5) is 25.5. The lowest BCUT2D eigenvalue weighted by Gasteiger charge is -2.24. The second-order valence-corrected chi connectivity index (χ2v) is 4.99. The van der Waals surface area contributed by atoms with Crippen molar-refractivity contribution < 1.29 is 14.0 Å². The molecule has 1 saturated heterocycles. The maximum absolute atomic E-state index is 12.9. The van der Waals surface area contributed by atoms with Gasteiger partial charge in [0.15, 0.2) is 0 Å². The van der Waals surface area contributed by atoms with Crippen LogP contribution < -0.4 is 5.32 Å². The molecule has 0 aliphatic carbocycles. The summed E-state index contributed by atoms with van der Waals surface area (Å²) in [5.74, 6) is -0.426. The van der Waals surface area contributed by atoms with Crippen molar-refractivity contribution in [3.05, 3.63) is 35.6 Å². The van der Waals surface area contributed by atoms with Crippen molar-refractivity contribution in [2.75, 3.05) is 6.54 Å². The highest BCUT2D eigenvalue weighted by Gasteiger charge is 2.35. The fraction of sp³-hybridized carbons (Fsp3) is 0.467. The number of benzene rings is 1. The molecule has 1 aliphatic rings. The Morgan fingerprint density at radius 1 is 1.40 bits per heavy atom. The fourth-order valence-electron chi connectivity index (χ4n) is 2.36. The molecule has 0 radical (unpaired) electrons. The second-order valence-electron chi connectivity index (χ2n) is 4.99. The van der Waals surface area contributed by atoms with Gasteiger partial charge in [-0.1, -0.05) is 19.1 Å². The van der Waals surface area contributed by atoms with Crippen LogP contribution in [0.4, 0.5) is 4.39 Å². The molecule has 0 bridgehead atoms. The summed E-state index contributed by atoms with van der Waals surface area (Å²) in [7, 11) is 0. The number of nitrogens with zero attached hydrogens (tertiary/aromatic N) is 1. The average Bonchev–Trinajstić information content (AvgIpc) is 2.80. The van der Waals surface area contributed by atoms with E-state index in [1.54, 1.807) is 17.0 Å². The van der Waals surface area contributed by atoms with Gasteiger partial charge in [-0.3, -0.25) is 9.59 Å². The zero-order valence-electron chi connectivity index (χ0n) is 11.6. The van der Waals surface area contributed by atoms with Crippen molar-refractivity contribution >= 4 is 11.8 Å². The molecule has 1 heterocycles. The summed E-state index contributed by atoms with van der Waals surface area (Å²) in [5.41, 5.74) is 0.829. The molecule has 2 rings (SSSR count). The van der Waals surface area contributed by atoms with Gasteiger partial charge in [-0.2, -0.15) is 0 Å².